The monoisotopic (exact) mass is 244 g/mol. The predicted octanol–water partition coefficient (Wildman–Crippen LogP) is 1.99. The Morgan fingerprint density at radius 2 is 1.94 bits per heavy atom. The molecular weight excluding hydrogens is 228 g/mol. The van der Waals surface area contributed by atoms with Crippen LogP contribution in [0.1, 0.15) is 12.8 Å². The molecule has 18 heavy (non-hydrogen) atoms. The molecule has 0 saturated carbocycles. The topological polar surface area (TPSA) is 64.3 Å². The van der Waals surface area contributed by atoms with Gasteiger partial charge in [0.15, 0.2) is 0 Å². The molecule has 2 aromatic carbocycles. The summed E-state index contributed by atoms with van der Waals surface area (Å²) in [7, 11) is 0. The zero-order chi connectivity index (χ0) is 12.8. The number of carbonyl (C=O) groups excluding carboxylic acids is 1. The minimum Gasteiger partial charge on any atom is -0.493 e. The van der Waals surface area contributed by atoms with Gasteiger partial charge in [0.1, 0.15) is 5.75 Å². The molecule has 0 aromatic heterocycles. The Morgan fingerprint density at radius 3 is 2.78 bits per heavy atom. The van der Waals surface area contributed by atoms with Gasteiger partial charge in [-0.2, -0.15) is 0 Å². The van der Waals surface area contributed by atoms with E-state index >= 15 is 0 Å². The lowest BCUT2D eigenvalue weighted by atomic mass is 10.1. The van der Waals surface area contributed by atoms with Crippen molar-refractivity contribution in [1.29, 1.82) is 0 Å². The van der Waals surface area contributed by atoms with Crippen LogP contribution in [-0.2, 0) is 4.79 Å². The summed E-state index contributed by atoms with van der Waals surface area (Å²) >= 11 is 0. The van der Waals surface area contributed by atoms with Crippen LogP contribution in [0.3, 0.4) is 0 Å². The summed E-state index contributed by atoms with van der Waals surface area (Å²) in [6.07, 6.45) is 1.02. The number of hydrogen-bond donors (Lipinski definition) is 2. The number of hydrogen-bond acceptors (Lipinski definition) is 3. The van der Waals surface area contributed by atoms with Crippen LogP contribution in [-0.4, -0.2) is 12.5 Å². The highest BCUT2D eigenvalue weighted by Gasteiger charge is 2.02. The third kappa shape index (κ3) is 2.99. The van der Waals surface area contributed by atoms with E-state index in [2.05, 4.69) is 5.43 Å². The molecule has 2 aromatic rings. The highest BCUT2D eigenvalue weighted by molar-refractivity contribution is 5.88. The van der Waals surface area contributed by atoms with Crippen molar-refractivity contribution in [2.45, 2.75) is 12.8 Å². The van der Waals surface area contributed by atoms with E-state index in [9.17, 15) is 4.79 Å². The van der Waals surface area contributed by atoms with E-state index in [1.165, 1.54) is 0 Å². The number of nitrogens with one attached hydrogen (secondary N) is 1. The van der Waals surface area contributed by atoms with Crippen LogP contribution in [0.15, 0.2) is 42.5 Å². The summed E-state index contributed by atoms with van der Waals surface area (Å²) in [5.74, 6) is 5.68. The van der Waals surface area contributed by atoms with Crippen molar-refractivity contribution in [2.75, 3.05) is 6.61 Å². The van der Waals surface area contributed by atoms with Gasteiger partial charge in [0.25, 0.3) is 0 Å². The van der Waals surface area contributed by atoms with Crippen LogP contribution in [0.2, 0.25) is 0 Å². The Hall–Kier alpha value is -2.07. The summed E-state index contributed by atoms with van der Waals surface area (Å²) in [6.45, 7) is 0.501. The van der Waals surface area contributed by atoms with Gasteiger partial charge in [0.2, 0.25) is 5.91 Å². The Labute approximate surface area is 106 Å². The second-order valence-corrected chi connectivity index (χ2v) is 4.00. The van der Waals surface area contributed by atoms with Crippen molar-refractivity contribution in [3.8, 4) is 5.75 Å². The highest BCUT2D eigenvalue weighted by Crippen LogP contribution is 2.25. The molecule has 0 spiro atoms. The Morgan fingerprint density at radius 1 is 1.17 bits per heavy atom. The number of rotatable bonds is 5. The highest BCUT2D eigenvalue weighted by atomic mass is 16.5. The van der Waals surface area contributed by atoms with Gasteiger partial charge in [-0.3, -0.25) is 10.2 Å². The van der Waals surface area contributed by atoms with Crippen LogP contribution in [0.4, 0.5) is 0 Å². The second kappa shape index (κ2) is 6.02. The quantitative estimate of drug-likeness (QED) is 0.366. The molecule has 0 saturated heterocycles. The molecule has 0 atom stereocenters. The number of amides is 1. The fraction of sp³-hybridized carbons (Fsp3) is 0.214. The van der Waals surface area contributed by atoms with Crippen LogP contribution in [0, 0.1) is 0 Å². The third-order valence-corrected chi connectivity index (χ3v) is 2.72. The van der Waals surface area contributed by atoms with E-state index in [1.807, 2.05) is 42.5 Å². The van der Waals surface area contributed by atoms with Gasteiger partial charge < -0.3 is 4.74 Å². The zero-order valence-corrected chi connectivity index (χ0v) is 10.1. The SMILES string of the molecule is NNC(=O)CCCOc1cccc2ccccc12. The molecule has 4 nitrogen and oxygen atoms in total. The summed E-state index contributed by atoms with van der Waals surface area (Å²) in [6, 6.07) is 14.0. The van der Waals surface area contributed by atoms with Gasteiger partial charge in [-0.05, 0) is 17.9 Å². The second-order valence-electron chi connectivity index (χ2n) is 4.00. The summed E-state index contributed by atoms with van der Waals surface area (Å²) in [5.41, 5.74) is 2.10. The number of fused-ring (bicyclic) bond motifs is 1. The van der Waals surface area contributed by atoms with Crippen LogP contribution >= 0.6 is 0 Å². The molecule has 1 amide bonds. The predicted molar refractivity (Wildman–Crippen MR) is 71.0 cm³/mol. The third-order valence-electron chi connectivity index (χ3n) is 2.72. The van der Waals surface area contributed by atoms with E-state index < -0.39 is 0 Å². The average Bonchev–Trinajstić information content (AvgIpc) is 2.43. The molecular formula is C14H16N2O2. The standard InChI is InChI=1S/C14H16N2O2/c15-16-14(17)9-4-10-18-13-8-3-6-11-5-1-2-7-12(11)13/h1-3,5-8H,4,9-10,15H2,(H,16,17). The van der Waals surface area contributed by atoms with E-state index in [0.717, 1.165) is 16.5 Å². The smallest absolute Gasteiger partial charge is 0.234 e. The maximum Gasteiger partial charge on any atom is 0.234 e. The molecule has 0 bridgehead atoms. The lowest BCUT2D eigenvalue weighted by molar-refractivity contribution is -0.121. The van der Waals surface area contributed by atoms with Gasteiger partial charge in [-0.1, -0.05) is 36.4 Å². The molecule has 0 heterocycles. The number of hydrazine groups is 1. The average molecular weight is 244 g/mol. The maximum atomic E-state index is 10.9. The normalized spacial score (nSPS) is 10.3. The Kier molecular flexibility index (Phi) is 4.15. The van der Waals surface area contributed by atoms with Crippen molar-refractivity contribution in [3.05, 3.63) is 42.5 Å². The maximum absolute atomic E-state index is 10.9. The molecule has 94 valence electrons. The zero-order valence-electron chi connectivity index (χ0n) is 10.1. The largest absolute Gasteiger partial charge is 0.493 e. The lowest BCUT2D eigenvalue weighted by Gasteiger charge is -2.08. The Balaban J connectivity index is 1.97. The first-order chi connectivity index (χ1) is 8.81. The first kappa shape index (κ1) is 12.4. The van der Waals surface area contributed by atoms with Gasteiger partial charge in [-0.25, -0.2) is 5.84 Å². The molecule has 0 fully saturated rings. The number of carbonyl (C=O) groups is 1. The molecule has 3 N–H and O–H groups in total. The minimum absolute atomic E-state index is 0.170. The summed E-state index contributed by atoms with van der Waals surface area (Å²) in [5, 5.41) is 2.23. The van der Waals surface area contributed by atoms with Gasteiger partial charge in [0.05, 0.1) is 6.61 Å². The first-order valence-electron chi connectivity index (χ1n) is 5.91. The van der Waals surface area contributed by atoms with E-state index in [0.29, 0.717) is 19.4 Å². The van der Waals surface area contributed by atoms with Crippen LogP contribution in [0.25, 0.3) is 10.8 Å². The fourth-order valence-corrected chi connectivity index (χ4v) is 1.81. The van der Waals surface area contributed by atoms with Crippen molar-refractivity contribution in [2.24, 2.45) is 5.84 Å². The van der Waals surface area contributed by atoms with Crippen LogP contribution < -0.4 is 16.0 Å². The summed E-state index contributed by atoms with van der Waals surface area (Å²) in [4.78, 5) is 10.9. The number of benzene rings is 2. The molecule has 0 unspecified atom stereocenters. The number of ether oxygens (including phenoxy) is 1. The fourth-order valence-electron chi connectivity index (χ4n) is 1.81. The van der Waals surface area contributed by atoms with Crippen molar-refractivity contribution in [3.63, 3.8) is 0 Å². The number of nitrogens with two attached hydrogens (primary N) is 1. The summed E-state index contributed by atoms with van der Waals surface area (Å²) < 4.78 is 5.69. The molecule has 0 radical (unpaired) electrons. The van der Waals surface area contributed by atoms with E-state index in [-0.39, 0.29) is 5.91 Å². The van der Waals surface area contributed by atoms with Crippen molar-refractivity contribution < 1.29 is 9.53 Å². The molecule has 2 rings (SSSR count). The van der Waals surface area contributed by atoms with Crippen LogP contribution in [0.5, 0.6) is 5.75 Å². The lowest BCUT2D eigenvalue weighted by Crippen LogP contribution is -2.29. The van der Waals surface area contributed by atoms with E-state index in [4.69, 9.17) is 10.6 Å². The van der Waals surface area contributed by atoms with Crippen molar-refractivity contribution in [1.82, 2.24) is 5.43 Å². The minimum atomic E-state index is -0.170. The molecule has 0 aliphatic heterocycles. The molecule has 0 aliphatic rings. The van der Waals surface area contributed by atoms with Gasteiger partial charge in [0, 0.05) is 11.8 Å². The van der Waals surface area contributed by atoms with E-state index in [1.54, 1.807) is 0 Å². The first-order valence-corrected chi connectivity index (χ1v) is 5.91. The Bertz CT molecular complexity index is 535. The molecule has 0 aliphatic carbocycles. The van der Waals surface area contributed by atoms with Gasteiger partial charge >= 0.3 is 0 Å². The van der Waals surface area contributed by atoms with Gasteiger partial charge in [-0.15, -0.1) is 0 Å². The van der Waals surface area contributed by atoms with Crippen molar-refractivity contribution >= 4 is 16.7 Å². The molecule has 4 heteroatoms.